The zero-order valence-corrected chi connectivity index (χ0v) is 36.8. The third-order valence-corrected chi connectivity index (χ3v) is 14.5. The third kappa shape index (κ3) is 8.56. The number of halogens is 23. The average Bonchev–Trinajstić information content (AvgIpc) is 3.35. The van der Waals surface area contributed by atoms with Crippen molar-refractivity contribution < 1.29 is 110 Å². The van der Waals surface area contributed by atoms with E-state index >= 15 is 35.1 Å². The van der Waals surface area contributed by atoms with Crippen LogP contribution in [0.1, 0.15) is 0 Å². The lowest BCUT2D eigenvalue weighted by molar-refractivity contribution is -0.477. The number of rotatable bonds is 17. The normalized spacial score (nSPS) is 14.4. The molecule has 0 bridgehead atoms. The second-order valence-electron chi connectivity index (χ2n) is 15.8. The summed E-state index contributed by atoms with van der Waals surface area (Å²) >= 11 is 0. The predicted octanol–water partition coefficient (Wildman–Crippen LogP) is 17.3. The van der Waals surface area contributed by atoms with E-state index in [1.807, 2.05) is 0 Å². The molecule has 6 rings (SSSR count). The van der Waals surface area contributed by atoms with E-state index in [1.165, 1.54) is 36.4 Å². The Morgan fingerprint density at radius 1 is 0.270 bits per heavy atom. The molecule has 6 aromatic carbocycles. The van der Waals surface area contributed by atoms with E-state index in [1.54, 1.807) is 91.0 Å². The second kappa shape index (κ2) is 18.7. The van der Waals surface area contributed by atoms with Gasteiger partial charge in [-0.05, 0) is 80.1 Å². The monoisotopic (exact) mass is 1100 g/mol. The molecule has 6 aromatic rings. The maximum atomic E-state index is 16.0. The largest absolute Gasteiger partial charge is 0.460 e. The van der Waals surface area contributed by atoms with Gasteiger partial charge in [-0.1, -0.05) is 127 Å². The van der Waals surface area contributed by atoms with Gasteiger partial charge < -0.3 is 4.18 Å². The Morgan fingerprint density at radius 3 is 0.703 bits per heavy atom. The topological polar surface area (TPSA) is 26.3 Å². The molecule has 0 amide bonds. The number of alkyl halides is 23. The van der Waals surface area contributed by atoms with Crippen LogP contribution >= 0.6 is 10.3 Å². The van der Waals surface area contributed by atoms with Gasteiger partial charge in [0.1, 0.15) is 0 Å². The van der Waals surface area contributed by atoms with E-state index in [9.17, 15) is 70.7 Å². The standard InChI is InChI=1S/C48H27F23O2S/c49-38(50,39(51,52)40(53,54)41(55,56)42(57,58)43(59,60)44(61,62)45(63,64)46(65,66)47(67,68)48(69,70)71)37(72)73-74(34-22-16-31(17-23-34)28-10-4-1-5-11-28,35-24-18-32(19-25-35)29-12-6-2-7-13-29)36-26-20-33(21-27-36)30-14-8-3-9-15-30/h1-27H. The number of hydrogen-bond acceptors (Lipinski definition) is 2. The van der Waals surface area contributed by atoms with E-state index in [2.05, 4.69) is 0 Å². The van der Waals surface area contributed by atoms with Crippen molar-refractivity contribution in [3.8, 4) is 33.4 Å². The van der Waals surface area contributed by atoms with E-state index in [0.29, 0.717) is 33.4 Å². The van der Waals surface area contributed by atoms with Gasteiger partial charge in [0, 0.05) is 14.7 Å². The van der Waals surface area contributed by atoms with Gasteiger partial charge in [-0.2, -0.15) is 101 Å². The van der Waals surface area contributed by atoms with Crippen LogP contribution in [0.5, 0.6) is 0 Å². The zero-order valence-electron chi connectivity index (χ0n) is 36.0. The van der Waals surface area contributed by atoms with Gasteiger partial charge in [-0.15, -0.1) is 0 Å². The summed E-state index contributed by atoms with van der Waals surface area (Å²) in [5.41, 5.74) is 2.23. The fourth-order valence-corrected chi connectivity index (χ4v) is 10.0. The van der Waals surface area contributed by atoms with Crippen LogP contribution in [-0.2, 0) is 8.98 Å². The van der Waals surface area contributed by atoms with Gasteiger partial charge in [0.15, 0.2) is 0 Å². The van der Waals surface area contributed by atoms with E-state index in [4.69, 9.17) is 4.18 Å². The molecule has 0 aromatic heterocycles. The van der Waals surface area contributed by atoms with Crippen molar-refractivity contribution in [2.45, 2.75) is 80.1 Å². The second-order valence-corrected chi connectivity index (χ2v) is 18.5. The molecule has 0 unspecified atom stereocenters. The highest BCUT2D eigenvalue weighted by molar-refractivity contribution is 8.30. The van der Waals surface area contributed by atoms with Crippen LogP contribution in [-0.4, -0.2) is 71.4 Å². The quantitative estimate of drug-likeness (QED) is 0.0851. The first kappa shape index (κ1) is 56.8. The molecule has 0 saturated heterocycles. The minimum atomic E-state index is -9.60. The first-order valence-corrected chi connectivity index (χ1v) is 21.8. The van der Waals surface area contributed by atoms with E-state index < -0.39 is 96.4 Å². The van der Waals surface area contributed by atoms with Crippen LogP contribution in [0.2, 0.25) is 0 Å². The third-order valence-electron chi connectivity index (χ3n) is 11.2. The molecule has 0 spiro atoms. The van der Waals surface area contributed by atoms with Gasteiger partial charge in [0.2, 0.25) is 0 Å². The first-order chi connectivity index (χ1) is 33.8. The molecular formula is C48H27F23O2S. The smallest absolute Gasteiger partial charge is 0.397 e. The predicted molar refractivity (Wildman–Crippen MR) is 220 cm³/mol. The molecule has 0 aliphatic rings. The molecular weight excluding hydrogens is 1080 g/mol. The van der Waals surface area contributed by atoms with E-state index in [0.717, 1.165) is 36.4 Å². The molecule has 26 heteroatoms. The van der Waals surface area contributed by atoms with Gasteiger partial charge in [0.25, 0.3) is 0 Å². The molecule has 398 valence electrons. The van der Waals surface area contributed by atoms with Crippen LogP contribution in [0, 0.1) is 0 Å². The Kier molecular flexibility index (Phi) is 14.4. The highest BCUT2D eigenvalue weighted by atomic mass is 32.3. The van der Waals surface area contributed by atoms with Crippen LogP contribution in [0.3, 0.4) is 0 Å². The highest BCUT2D eigenvalue weighted by Crippen LogP contribution is 2.72. The number of carbonyl (C=O) groups excluding carboxylic acids is 1. The van der Waals surface area contributed by atoms with Crippen LogP contribution in [0.25, 0.3) is 33.4 Å². The summed E-state index contributed by atoms with van der Waals surface area (Å²) in [6.45, 7) is 0. The minimum Gasteiger partial charge on any atom is -0.397 e. The SMILES string of the molecule is O=C(OS(c1ccc(-c2ccccc2)cc1)(c1ccc(-c2ccccc2)cc1)c1ccc(-c2ccccc2)cc1)C(F)(F)C(F)(F)C(F)(F)C(F)(F)C(F)(F)C(F)(F)C(F)(F)C(F)(F)C(F)(F)C(F)(F)C(F)(F)F. The molecule has 0 heterocycles. The lowest BCUT2D eigenvalue weighted by Crippen LogP contribution is -2.78. The van der Waals surface area contributed by atoms with Crippen molar-refractivity contribution in [2.75, 3.05) is 0 Å². The average molecular weight is 1100 g/mol. The summed E-state index contributed by atoms with van der Waals surface area (Å²) < 4.78 is 336. The maximum Gasteiger partial charge on any atom is 0.460 e. The van der Waals surface area contributed by atoms with Crippen molar-refractivity contribution in [3.05, 3.63) is 164 Å². The van der Waals surface area contributed by atoms with Gasteiger partial charge in [-0.3, -0.25) is 0 Å². The van der Waals surface area contributed by atoms with E-state index in [-0.39, 0.29) is 0 Å². The van der Waals surface area contributed by atoms with Gasteiger partial charge in [-0.25, -0.2) is 4.79 Å². The van der Waals surface area contributed by atoms with Crippen LogP contribution in [0.15, 0.2) is 178 Å². The maximum absolute atomic E-state index is 16.0. The summed E-state index contributed by atoms with van der Waals surface area (Å²) in [6, 6.07) is 36.9. The molecule has 0 saturated carbocycles. The molecule has 74 heavy (non-hydrogen) atoms. The van der Waals surface area contributed by atoms with Crippen LogP contribution in [0.4, 0.5) is 101 Å². The number of benzene rings is 6. The molecule has 0 aliphatic carbocycles. The Bertz CT molecular complexity index is 2710. The van der Waals surface area contributed by atoms with Crippen molar-refractivity contribution in [3.63, 3.8) is 0 Å². The summed E-state index contributed by atoms with van der Waals surface area (Å²) in [7, 11) is -4.64. The fraction of sp³-hybridized carbons (Fsp3) is 0.229. The fourth-order valence-electron chi connectivity index (χ4n) is 7.01. The number of carbonyl (C=O) groups is 1. The zero-order chi connectivity index (χ0) is 55.6. The molecule has 0 fully saturated rings. The molecule has 0 N–H and O–H groups in total. The van der Waals surface area contributed by atoms with Crippen molar-refractivity contribution >= 4 is 16.3 Å². The lowest BCUT2D eigenvalue weighted by Gasteiger charge is -2.45. The Labute approximate surface area is 402 Å². The molecule has 0 aliphatic heterocycles. The molecule has 0 atom stereocenters. The Balaban J connectivity index is 1.52. The minimum absolute atomic E-state index is 0.297. The Morgan fingerprint density at radius 2 is 0.473 bits per heavy atom. The summed E-state index contributed by atoms with van der Waals surface area (Å²) in [4.78, 5) is 12.2. The molecule has 0 radical (unpaired) electrons. The van der Waals surface area contributed by atoms with Crippen molar-refractivity contribution in [2.24, 2.45) is 0 Å². The summed E-state index contributed by atoms with van der Waals surface area (Å²) in [5.74, 6) is -95.0. The summed E-state index contributed by atoms with van der Waals surface area (Å²) in [5, 5.41) is 0. The van der Waals surface area contributed by atoms with Crippen molar-refractivity contribution in [1.29, 1.82) is 0 Å². The van der Waals surface area contributed by atoms with Crippen LogP contribution < -0.4 is 0 Å². The Hall–Kier alpha value is -6.47. The lowest BCUT2D eigenvalue weighted by atomic mass is 9.85. The van der Waals surface area contributed by atoms with Gasteiger partial charge in [0.05, 0.1) is 0 Å². The summed E-state index contributed by atoms with van der Waals surface area (Å²) in [6.07, 6.45) is -8.19. The van der Waals surface area contributed by atoms with Gasteiger partial charge >= 0.3 is 71.4 Å². The van der Waals surface area contributed by atoms with Crippen molar-refractivity contribution in [1.82, 2.24) is 0 Å². The highest BCUT2D eigenvalue weighted by Gasteiger charge is 2.99. The molecule has 2 nitrogen and oxygen atoms in total. The number of hydrogen-bond donors (Lipinski definition) is 0. The first-order valence-electron chi connectivity index (χ1n) is 20.2.